The fourth-order valence-corrected chi connectivity index (χ4v) is 3.45. The molecule has 2 atom stereocenters. The molecule has 2 heterocycles. The minimum atomic E-state index is -0.209. The molecule has 0 bridgehead atoms. The molecule has 0 spiro atoms. The van der Waals surface area contributed by atoms with Crippen LogP contribution in [0, 0.1) is 5.82 Å². The average Bonchev–Trinajstić information content (AvgIpc) is 2.92. The molecule has 120 valence electrons. The fraction of sp³-hybridized carbons (Fsp3) is 0.438. The number of aromatic nitrogens is 1. The van der Waals surface area contributed by atoms with Crippen LogP contribution in [0.15, 0.2) is 29.6 Å². The Balaban J connectivity index is 0.00000176. The second-order valence-electron chi connectivity index (χ2n) is 5.74. The van der Waals surface area contributed by atoms with Gasteiger partial charge >= 0.3 is 0 Å². The fourth-order valence-electron chi connectivity index (χ4n) is 2.63. The minimum Gasteiger partial charge on any atom is -0.311 e. The molecule has 0 radical (unpaired) electrons. The van der Waals surface area contributed by atoms with Crippen LogP contribution in [0.1, 0.15) is 19.5 Å². The maximum absolute atomic E-state index is 13.0. The Hall–Kier alpha value is -1.01. The van der Waals surface area contributed by atoms with E-state index in [0.29, 0.717) is 12.1 Å². The zero-order valence-electron chi connectivity index (χ0n) is 12.8. The number of nitrogens with zero attached hydrogens (tertiary/aromatic N) is 2. The van der Waals surface area contributed by atoms with Gasteiger partial charge in [-0.15, -0.1) is 23.7 Å². The second-order valence-corrected chi connectivity index (χ2v) is 6.60. The van der Waals surface area contributed by atoms with E-state index in [1.165, 1.54) is 12.1 Å². The number of piperazine rings is 1. The number of benzene rings is 1. The van der Waals surface area contributed by atoms with E-state index in [9.17, 15) is 4.39 Å². The van der Waals surface area contributed by atoms with E-state index >= 15 is 0 Å². The van der Waals surface area contributed by atoms with Crippen molar-refractivity contribution in [1.82, 2.24) is 15.2 Å². The molecular weight excluding hydrogens is 321 g/mol. The van der Waals surface area contributed by atoms with Crippen LogP contribution >= 0.6 is 23.7 Å². The van der Waals surface area contributed by atoms with E-state index in [1.54, 1.807) is 23.5 Å². The minimum absolute atomic E-state index is 0. The summed E-state index contributed by atoms with van der Waals surface area (Å²) in [5.74, 6) is -0.209. The molecule has 3 rings (SSSR count). The smallest absolute Gasteiger partial charge is 0.123 e. The van der Waals surface area contributed by atoms with Crippen LogP contribution in [0.4, 0.5) is 4.39 Å². The first-order valence-corrected chi connectivity index (χ1v) is 8.17. The average molecular weight is 342 g/mol. The summed E-state index contributed by atoms with van der Waals surface area (Å²) in [7, 11) is 0. The molecule has 1 N–H and O–H groups in total. The number of rotatable bonds is 3. The highest BCUT2D eigenvalue weighted by molar-refractivity contribution is 7.13. The van der Waals surface area contributed by atoms with Crippen molar-refractivity contribution < 1.29 is 4.39 Å². The molecule has 1 aliphatic rings. The maximum atomic E-state index is 13.0. The van der Waals surface area contributed by atoms with Gasteiger partial charge in [0.25, 0.3) is 0 Å². The van der Waals surface area contributed by atoms with Gasteiger partial charge in [-0.05, 0) is 38.1 Å². The zero-order valence-corrected chi connectivity index (χ0v) is 14.4. The third-order valence-electron chi connectivity index (χ3n) is 3.90. The van der Waals surface area contributed by atoms with Crippen molar-refractivity contribution in [2.45, 2.75) is 32.5 Å². The molecule has 1 aliphatic heterocycles. The number of nitrogens with one attached hydrogen (secondary N) is 1. The summed E-state index contributed by atoms with van der Waals surface area (Å²) in [6.07, 6.45) is 0. The van der Waals surface area contributed by atoms with Gasteiger partial charge in [0.2, 0.25) is 0 Å². The molecule has 1 aromatic carbocycles. The molecule has 0 aliphatic carbocycles. The summed E-state index contributed by atoms with van der Waals surface area (Å²) >= 11 is 1.62. The van der Waals surface area contributed by atoms with Gasteiger partial charge < -0.3 is 5.32 Å². The first-order chi connectivity index (χ1) is 10.1. The number of thiazole rings is 1. The Kier molecular flexibility index (Phi) is 5.92. The normalized spacial score (nSPS) is 22.3. The van der Waals surface area contributed by atoms with Crippen molar-refractivity contribution in [3.63, 3.8) is 0 Å². The van der Waals surface area contributed by atoms with Crippen LogP contribution in [0.5, 0.6) is 0 Å². The molecule has 6 heteroatoms. The Morgan fingerprint density at radius 2 is 2.05 bits per heavy atom. The lowest BCUT2D eigenvalue weighted by Crippen LogP contribution is -2.53. The largest absolute Gasteiger partial charge is 0.311 e. The van der Waals surface area contributed by atoms with Gasteiger partial charge in [-0.25, -0.2) is 9.37 Å². The van der Waals surface area contributed by atoms with Crippen LogP contribution in [0.2, 0.25) is 0 Å². The molecule has 2 unspecified atom stereocenters. The Morgan fingerprint density at radius 1 is 1.32 bits per heavy atom. The highest BCUT2D eigenvalue weighted by Crippen LogP contribution is 2.25. The van der Waals surface area contributed by atoms with E-state index in [-0.39, 0.29) is 18.2 Å². The van der Waals surface area contributed by atoms with Gasteiger partial charge in [-0.2, -0.15) is 0 Å². The van der Waals surface area contributed by atoms with Crippen molar-refractivity contribution in [2.24, 2.45) is 0 Å². The quantitative estimate of drug-likeness (QED) is 0.925. The van der Waals surface area contributed by atoms with Crippen LogP contribution < -0.4 is 5.32 Å². The number of halogens is 2. The number of hydrogen-bond acceptors (Lipinski definition) is 4. The standard InChI is InChI=1S/C16H20FN3S.ClH/c1-11-8-20(12(2)7-18-11)9-15-10-21-16(19-15)13-3-5-14(17)6-4-13;/h3-6,10-12,18H,7-9H2,1-2H3;1H. The van der Waals surface area contributed by atoms with Crippen molar-refractivity contribution in [1.29, 1.82) is 0 Å². The van der Waals surface area contributed by atoms with E-state index in [0.717, 1.165) is 35.9 Å². The first kappa shape index (κ1) is 17.3. The van der Waals surface area contributed by atoms with Crippen molar-refractivity contribution >= 4 is 23.7 Å². The number of hydrogen-bond donors (Lipinski definition) is 1. The monoisotopic (exact) mass is 341 g/mol. The van der Waals surface area contributed by atoms with Gasteiger partial charge in [0.1, 0.15) is 10.8 Å². The third kappa shape index (κ3) is 4.04. The topological polar surface area (TPSA) is 28.2 Å². The first-order valence-electron chi connectivity index (χ1n) is 7.29. The van der Waals surface area contributed by atoms with Gasteiger partial charge in [0.05, 0.1) is 5.69 Å². The lowest BCUT2D eigenvalue weighted by atomic mass is 10.1. The van der Waals surface area contributed by atoms with Crippen LogP contribution in [-0.4, -0.2) is 35.1 Å². The van der Waals surface area contributed by atoms with Gasteiger partial charge in [-0.3, -0.25) is 4.90 Å². The third-order valence-corrected chi connectivity index (χ3v) is 4.84. The van der Waals surface area contributed by atoms with Gasteiger partial charge in [-0.1, -0.05) is 0 Å². The van der Waals surface area contributed by atoms with E-state index < -0.39 is 0 Å². The lowest BCUT2D eigenvalue weighted by molar-refractivity contribution is 0.137. The lowest BCUT2D eigenvalue weighted by Gasteiger charge is -2.37. The van der Waals surface area contributed by atoms with Crippen LogP contribution in [-0.2, 0) is 6.54 Å². The van der Waals surface area contributed by atoms with Gasteiger partial charge in [0.15, 0.2) is 0 Å². The van der Waals surface area contributed by atoms with Gasteiger partial charge in [0, 0.05) is 42.7 Å². The van der Waals surface area contributed by atoms with Crippen LogP contribution in [0.25, 0.3) is 10.6 Å². The molecule has 1 aromatic heterocycles. The SMILES string of the molecule is CC1CN(Cc2csc(-c3ccc(F)cc3)n2)C(C)CN1.Cl. The highest BCUT2D eigenvalue weighted by Gasteiger charge is 2.23. The van der Waals surface area contributed by atoms with E-state index in [1.807, 2.05) is 0 Å². The van der Waals surface area contributed by atoms with E-state index in [4.69, 9.17) is 4.98 Å². The maximum Gasteiger partial charge on any atom is 0.123 e. The molecule has 0 amide bonds. The Morgan fingerprint density at radius 3 is 2.77 bits per heavy atom. The summed E-state index contributed by atoms with van der Waals surface area (Å²) in [6.45, 7) is 7.40. The van der Waals surface area contributed by atoms with Crippen molar-refractivity contribution in [2.75, 3.05) is 13.1 Å². The summed E-state index contributed by atoms with van der Waals surface area (Å²) in [5, 5.41) is 6.56. The molecule has 0 saturated carbocycles. The summed E-state index contributed by atoms with van der Waals surface area (Å²) in [5.41, 5.74) is 2.08. The molecule has 1 saturated heterocycles. The Bertz CT molecular complexity index is 602. The van der Waals surface area contributed by atoms with Crippen LogP contribution in [0.3, 0.4) is 0 Å². The van der Waals surface area contributed by atoms with Crippen molar-refractivity contribution in [3.05, 3.63) is 41.2 Å². The highest BCUT2D eigenvalue weighted by atomic mass is 35.5. The molecule has 3 nitrogen and oxygen atoms in total. The second kappa shape index (κ2) is 7.51. The predicted molar refractivity (Wildman–Crippen MR) is 92.1 cm³/mol. The molecule has 1 fully saturated rings. The molecule has 2 aromatic rings. The summed E-state index contributed by atoms with van der Waals surface area (Å²) in [6, 6.07) is 7.59. The van der Waals surface area contributed by atoms with Crippen molar-refractivity contribution in [3.8, 4) is 10.6 Å². The molecular formula is C16H21ClFN3S. The Labute approximate surface area is 141 Å². The zero-order chi connectivity index (χ0) is 14.8. The summed E-state index contributed by atoms with van der Waals surface area (Å²) < 4.78 is 13.0. The predicted octanol–water partition coefficient (Wildman–Crippen LogP) is 3.55. The summed E-state index contributed by atoms with van der Waals surface area (Å²) in [4.78, 5) is 7.16. The van der Waals surface area contributed by atoms with E-state index in [2.05, 4.69) is 29.4 Å². The molecule has 22 heavy (non-hydrogen) atoms.